The molecule has 0 aromatic rings. The summed E-state index contributed by atoms with van der Waals surface area (Å²) in [6.45, 7) is 7.62. The lowest BCUT2D eigenvalue weighted by molar-refractivity contribution is -0.203. The van der Waals surface area contributed by atoms with E-state index in [9.17, 15) is 19.2 Å². The van der Waals surface area contributed by atoms with Gasteiger partial charge in [-0.15, -0.1) is 0 Å². The van der Waals surface area contributed by atoms with Crippen molar-refractivity contribution in [3.63, 3.8) is 0 Å². The van der Waals surface area contributed by atoms with Gasteiger partial charge in [-0.05, 0) is 25.2 Å². The normalized spacial score (nSPS) is 23.3. The number of likely N-dealkylation sites (tertiary alicyclic amines) is 1. The number of nitrogens with zero attached hydrogens (tertiary/aromatic N) is 2. The maximum Gasteiger partial charge on any atom is 0.405 e. The van der Waals surface area contributed by atoms with Crippen LogP contribution in [0.4, 0.5) is 4.79 Å². The van der Waals surface area contributed by atoms with Gasteiger partial charge in [0.1, 0.15) is 24.7 Å². The number of carbonyl (C=O) groups is 4. The summed E-state index contributed by atoms with van der Waals surface area (Å²) in [6.07, 6.45) is -0.198. The lowest BCUT2D eigenvalue weighted by atomic mass is 9.85. The van der Waals surface area contributed by atoms with Gasteiger partial charge in [-0.1, -0.05) is 20.8 Å². The van der Waals surface area contributed by atoms with E-state index < -0.39 is 47.4 Å². The second kappa shape index (κ2) is 8.76. The van der Waals surface area contributed by atoms with Crippen LogP contribution in [-0.2, 0) is 24.0 Å². The Bertz CT molecular complexity index is 631. The van der Waals surface area contributed by atoms with E-state index in [0.717, 1.165) is 5.06 Å². The number of cyclic esters (lactones) is 1. The van der Waals surface area contributed by atoms with Crippen molar-refractivity contribution in [1.29, 1.82) is 0 Å². The molecule has 2 saturated heterocycles. The molecule has 0 aromatic carbocycles. The van der Waals surface area contributed by atoms with Crippen molar-refractivity contribution < 1.29 is 33.9 Å². The van der Waals surface area contributed by atoms with E-state index in [1.54, 1.807) is 27.7 Å². The Hall–Kier alpha value is -2.36. The molecule has 2 fully saturated rings. The van der Waals surface area contributed by atoms with Crippen LogP contribution in [0.25, 0.3) is 0 Å². The number of nitrogens with one attached hydrogen (secondary N) is 1. The first-order valence-electron chi connectivity index (χ1n) is 9.47. The molecule has 0 spiro atoms. The SMILES string of the molecule is CCON(C(=O)C1CCCN1C(=O)C(NC(=O)O)C(C)(C)C)C1COC(=O)C1. The van der Waals surface area contributed by atoms with Crippen LogP contribution >= 0.6 is 0 Å². The molecule has 158 valence electrons. The highest BCUT2D eigenvalue weighted by Gasteiger charge is 2.45. The number of amides is 3. The van der Waals surface area contributed by atoms with Crippen molar-refractivity contribution in [2.75, 3.05) is 19.8 Å². The van der Waals surface area contributed by atoms with Crippen molar-refractivity contribution in [3.05, 3.63) is 0 Å². The maximum atomic E-state index is 13.1. The lowest BCUT2D eigenvalue weighted by Crippen LogP contribution is -2.58. The van der Waals surface area contributed by atoms with Gasteiger partial charge in [-0.3, -0.25) is 19.2 Å². The molecule has 10 nitrogen and oxygen atoms in total. The highest BCUT2D eigenvalue weighted by molar-refractivity contribution is 5.92. The summed E-state index contributed by atoms with van der Waals surface area (Å²) < 4.78 is 4.94. The van der Waals surface area contributed by atoms with Crippen LogP contribution in [-0.4, -0.2) is 76.8 Å². The lowest BCUT2D eigenvalue weighted by Gasteiger charge is -2.36. The minimum Gasteiger partial charge on any atom is -0.465 e. The molecule has 3 unspecified atom stereocenters. The average molecular weight is 399 g/mol. The summed E-state index contributed by atoms with van der Waals surface area (Å²) in [4.78, 5) is 55.7. The highest BCUT2D eigenvalue weighted by Crippen LogP contribution is 2.28. The Balaban J connectivity index is 2.21. The summed E-state index contributed by atoms with van der Waals surface area (Å²) in [5.41, 5.74) is -0.670. The van der Waals surface area contributed by atoms with Crippen LogP contribution in [0.3, 0.4) is 0 Å². The summed E-state index contributed by atoms with van der Waals surface area (Å²) >= 11 is 0. The third-order valence-corrected chi connectivity index (χ3v) is 4.86. The van der Waals surface area contributed by atoms with Crippen LogP contribution in [0.5, 0.6) is 0 Å². The van der Waals surface area contributed by atoms with Crippen LogP contribution in [0.2, 0.25) is 0 Å². The average Bonchev–Trinajstić information content (AvgIpc) is 3.24. The fourth-order valence-corrected chi connectivity index (χ4v) is 3.51. The Labute approximate surface area is 164 Å². The quantitative estimate of drug-likeness (QED) is 0.499. The van der Waals surface area contributed by atoms with Crippen LogP contribution in [0, 0.1) is 5.41 Å². The van der Waals surface area contributed by atoms with Gasteiger partial charge in [-0.25, -0.2) is 9.86 Å². The highest BCUT2D eigenvalue weighted by atomic mass is 16.7. The second-order valence-electron chi connectivity index (χ2n) is 8.06. The minimum atomic E-state index is -1.30. The van der Waals surface area contributed by atoms with E-state index in [-0.39, 0.29) is 19.6 Å². The maximum absolute atomic E-state index is 13.1. The summed E-state index contributed by atoms with van der Waals surface area (Å²) in [5, 5.41) is 12.5. The Morgan fingerprint density at radius 1 is 1.39 bits per heavy atom. The van der Waals surface area contributed by atoms with Crippen molar-refractivity contribution in [2.45, 2.75) is 65.1 Å². The number of rotatable bonds is 6. The topological polar surface area (TPSA) is 125 Å². The number of ether oxygens (including phenoxy) is 1. The molecule has 2 N–H and O–H groups in total. The monoisotopic (exact) mass is 399 g/mol. The third kappa shape index (κ3) is 4.92. The summed E-state index contributed by atoms with van der Waals surface area (Å²) in [7, 11) is 0. The molecule has 0 bridgehead atoms. The molecular weight excluding hydrogens is 370 g/mol. The predicted octanol–water partition coefficient (Wildman–Crippen LogP) is 0.755. The Morgan fingerprint density at radius 3 is 2.57 bits per heavy atom. The Kier molecular flexibility index (Phi) is 6.87. The molecule has 0 aliphatic carbocycles. The first kappa shape index (κ1) is 21.9. The van der Waals surface area contributed by atoms with Crippen molar-refractivity contribution in [2.24, 2.45) is 5.41 Å². The van der Waals surface area contributed by atoms with Crippen LogP contribution < -0.4 is 5.32 Å². The van der Waals surface area contributed by atoms with Gasteiger partial charge in [0.25, 0.3) is 5.91 Å². The number of esters is 1. The number of carboxylic acid groups (broad SMARTS) is 1. The van der Waals surface area contributed by atoms with E-state index in [1.165, 1.54) is 4.90 Å². The van der Waals surface area contributed by atoms with Gasteiger partial charge >= 0.3 is 12.1 Å². The van der Waals surface area contributed by atoms with E-state index in [1.807, 2.05) is 0 Å². The van der Waals surface area contributed by atoms with E-state index in [0.29, 0.717) is 19.4 Å². The van der Waals surface area contributed by atoms with Gasteiger partial charge in [0.05, 0.1) is 13.0 Å². The number of carbonyl (C=O) groups excluding carboxylic acids is 3. The molecule has 28 heavy (non-hydrogen) atoms. The summed E-state index contributed by atoms with van der Waals surface area (Å²) in [5.74, 6) is -1.26. The molecule has 0 saturated carbocycles. The standard InChI is InChI=1S/C18H29N3O7/c1-5-28-21(11-9-13(22)27-10-11)15(23)12-7-6-8-20(12)16(24)14(18(2,3)4)19-17(25)26/h11-12,14,19H,5-10H2,1-4H3,(H,25,26). The molecular formula is C18H29N3O7. The Morgan fingerprint density at radius 2 is 2.07 bits per heavy atom. The molecule has 2 aliphatic rings. The zero-order chi connectivity index (χ0) is 21.1. The first-order valence-corrected chi connectivity index (χ1v) is 9.47. The molecule has 3 amide bonds. The van der Waals surface area contributed by atoms with Crippen LogP contribution in [0.1, 0.15) is 47.0 Å². The number of hydrogen-bond acceptors (Lipinski definition) is 6. The molecule has 0 radical (unpaired) electrons. The second-order valence-corrected chi connectivity index (χ2v) is 8.06. The van der Waals surface area contributed by atoms with Gasteiger partial charge in [0.2, 0.25) is 5.91 Å². The number of hydrogen-bond donors (Lipinski definition) is 2. The zero-order valence-electron chi connectivity index (χ0n) is 16.8. The molecule has 10 heteroatoms. The van der Waals surface area contributed by atoms with Gasteiger partial charge in [0, 0.05) is 6.54 Å². The van der Waals surface area contributed by atoms with Gasteiger partial charge < -0.3 is 20.1 Å². The van der Waals surface area contributed by atoms with E-state index >= 15 is 0 Å². The molecule has 2 aliphatic heterocycles. The molecule has 2 heterocycles. The first-order chi connectivity index (χ1) is 13.1. The molecule has 3 atom stereocenters. The fourth-order valence-electron chi connectivity index (χ4n) is 3.51. The largest absolute Gasteiger partial charge is 0.465 e. The summed E-state index contributed by atoms with van der Waals surface area (Å²) in [6, 6.07) is -2.29. The van der Waals surface area contributed by atoms with Gasteiger partial charge in [-0.2, -0.15) is 0 Å². The van der Waals surface area contributed by atoms with Gasteiger partial charge in [0.15, 0.2) is 0 Å². The minimum absolute atomic E-state index is 0.0393. The molecule has 2 rings (SSSR count). The zero-order valence-corrected chi connectivity index (χ0v) is 16.8. The van der Waals surface area contributed by atoms with Crippen LogP contribution in [0.15, 0.2) is 0 Å². The van der Waals surface area contributed by atoms with E-state index in [4.69, 9.17) is 14.7 Å². The van der Waals surface area contributed by atoms with Crippen molar-refractivity contribution in [1.82, 2.24) is 15.3 Å². The van der Waals surface area contributed by atoms with Crippen molar-refractivity contribution in [3.8, 4) is 0 Å². The predicted molar refractivity (Wildman–Crippen MR) is 97.0 cm³/mol. The number of hydroxylamine groups is 2. The van der Waals surface area contributed by atoms with E-state index in [2.05, 4.69) is 5.32 Å². The fraction of sp³-hybridized carbons (Fsp3) is 0.778. The molecule has 0 aromatic heterocycles. The third-order valence-electron chi connectivity index (χ3n) is 4.86. The smallest absolute Gasteiger partial charge is 0.405 e. The van der Waals surface area contributed by atoms with Crippen molar-refractivity contribution >= 4 is 23.9 Å².